The van der Waals surface area contributed by atoms with E-state index in [0.29, 0.717) is 0 Å². The molecule has 0 amide bonds. The summed E-state index contributed by atoms with van der Waals surface area (Å²) in [6.07, 6.45) is 13.3. The lowest BCUT2D eigenvalue weighted by atomic mass is 9.93. The Kier molecular flexibility index (Phi) is 12.1. The molecule has 8 heteroatoms. The predicted molar refractivity (Wildman–Crippen MR) is 157 cm³/mol. The van der Waals surface area contributed by atoms with Crippen molar-refractivity contribution in [3.8, 4) is 0 Å². The molecule has 0 aromatic rings. The van der Waals surface area contributed by atoms with Gasteiger partial charge in [-0.25, -0.2) is 0 Å². The number of hydrogen-bond acceptors (Lipinski definition) is 6. The van der Waals surface area contributed by atoms with Crippen molar-refractivity contribution in [1.29, 1.82) is 0 Å². The first-order chi connectivity index (χ1) is 16.8. The van der Waals surface area contributed by atoms with Gasteiger partial charge in [0.15, 0.2) is 5.11 Å². The first kappa shape index (κ1) is 29.2. The Morgan fingerprint density at radius 1 is 0.657 bits per heavy atom. The van der Waals surface area contributed by atoms with Gasteiger partial charge in [-0.1, -0.05) is 76.9 Å². The van der Waals surface area contributed by atoms with Crippen LogP contribution < -0.4 is 0 Å². The van der Waals surface area contributed by atoms with Crippen LogP contribution in [0.2, 0.25) is 0 Å². The van der Waals surface area contributed by atoms with Crippen LogP contribution in [0.5, 0.6) is 0 Å². The van der Waals surface area contributed by atoms with Gasteiger partial charge in [0.1, 0.15) is 4.99 Å². The maximum atomic E-state index is 6.20. The van der Waals surface area contributed by atoms with Gasteiger partial charge < -0.3 is 14.7 Å². The number of rotatable bonds is 14. The fraction of sp³-hybridized carbons (Fsp3) is 0.926. The van der Waals surface area contributed by atoms with E-state index in [1.807, 2.05) is 0 Å². The molecule has 0 aliphatic carbocycles. The van der Waals surface area contributed by atoms with Gasteiger partial charge >= 0.3 is 0 Å². The van der Waals surface area contributed by atoms with Gasteiger partial charge in [0.2, 0.25) is 0 Å². The maximum absolute atomic E-state index is 6.20. The van der Waals surface area contributed by atoms with Crippen LogP contribution >= 0.6 is 24.4 Å². The van der Waals surface area contributed by atoms with Crippen LogP contribution in [-0.4, -0.2) is 125 Å². The molecular weight excluding hydrogens is 472 g/mol. The monoisotopic (exact) mass is 524 g/mol. The maximum Gasteiger partial charge on any atom is 0.179 e. The Morgan fingerprint density at radius 3 is 1.63 bits per heavy atom. The Balaban J connectivity index is 1.57. The SMILES string of the molecule is CCCCCCCCCCCC1(C)C(=S)N(CN2CCN(C)CC2)C(=S)N1CN1CCN(C)CC1. The second-order valence-electron chi connectivity index (χ2n) is 11.4. The predicted octanol–water partition coefficient (Wildman–Crippen LogP) is 4.31. The highest BCUT2D eigenvalue weighted by atomic mass is 32.1. The fourth-order valence-electron chi connectivity index (χ4n) is 5.59. The van der Waals surface area contributed by atoms with Gasteiger partial charge in [-0.3, -0.25) is 14.7 Å². The Bertz CT molecular complexity index is 660. The van der Waals surface area contributed by atoms with Crippen LogP contribution in [-0.2, 0) is 0 Å². The highest BCUT2D eigenvalue weighted by Gasteiger charge is 2.49. The number of likely N-dealkylation sites (N-methyl/N-ethyl adjacent to an activating group) is 2. The molecule has 0 radical (unpaired) electrons. The first-order valence-corrected chi connectivity index (χ1v) is 15.1. The van der Waals surface area contributed by atoms with E-state index < -0.39 is 0 Å². The van der Waals surface area contributed by atoms with E-state index in [9.17, 15) is 0 Å². The number of nitrogens with zero attached hydrogens (tertiary/aromatic N) is 6. The number of hydrogen-bond donors (Lipinski definition) is 0. The minimum atomic E-state index is -0.149. The minimum Gasteiger partial charge on any atom is -0.324 e. The fourth-order valence-corrected chi connectivity index (χ4v) is 6.41. The average molecular weight is 525 g/mol. The molecule has 0 bridgehead atoms. The molecule has 1 unspecified atom stereocenters. The second-order valence-corrected chi connectivity index (χ2v) is 12.2. The molecule has 35 heavy (non-hydrogen) atoms. The Labute approximate surface area is 226 Å². The van der Waals surface area contributed by atoms with Gasteiger partial charge in [-0.2, -0.15) is 0 Å². The molecule has 1 atom stereocenters. The zero-order valence-corrected chi connectivity index (χ0v) is 24.8. The summed E-state index contributed by atoms with van der Waals surface area (Å²) in [5.41, 5.74) is -0.149. The van der Waals surface area contributed by atoms with Crippen molar-refractivity contribution < 1.29 is 0 Å². The van der Waals surface area contributed by atoms with E-state index in [1.165, 1.54) is 57.8 Å². The summed E-state index contributed by atoms with van der Waals surface area (Å²) in [4.78, 5) is 15.8. The second kappa shape index (κ2) is 14.5. The highest BCUT2D eigenvalue weighted by molar-refractivity contribution is 7.82. The summed E-state index contributed by atoms with van der Waals surface area (Å²) in [6, 6.07) is 0. The van der Waals surface area contributed by atoms with Crippen LogP contribution in [0.4, 0.5) is 0 Å². The van der Waals surface area contributed by atoms with Gasteiger partial charge in [0.05, 0.1) is 18.9 Å². The van der Waals surface area contributed by atoms with Crippen molar-refractivity contribution in [3.63, 3.8) is 0 Å². The lowest BCUT2D eigenvalue weighted by molar-refractivity contribution is 0.0894. The summed E-state index contributed by atoms with van der Waals surface area (Å²) in [6.45, 7) is 15.3. The third-order valence-corrected chi connectivity index (χ3v) is 9.51. The molecule has 3 heterocycles. The van der Waals surface area contributed by atoms with E-state index in [4.69, 9.17) is 24.4 Å². The van der Waals surface area contributed by atoms with Gasteiger partial charge in [0, 0.05) is 52.4 Å². The van der Waals surface area contributed by atoms with Crippen molar-refractivity contribution in [2.75, 3.05) is 79.8 Å². The van der Waals surface area contributed by atoms with Crippen LogP contribution in [0.15, 0.2) is 0 Å². The smallest absolute Gasteiger partial charge is 0.179 e. The first-order valence-electron chi connectivity index (χ1n) is 14.3. The third-order valence-electron chi connectivity index (χ3n) is 8.41. The summed E-state index contributed by atoms with van der Waals surface area (Å²) >= 11 is 12.3. The van der Waals surface area contributed by atoms with Crippen LogP contribution in [0, 0.1) is 0 Å². The lowest BCUT2D eigenvalue weighted by Crippen LogP contribution is -2.54. The van der Waals surface area contributed by atoms with Crippen molar-refractivity contribution in [1.82, 2.24) is 29.4 Å². The summed E-state index contributed by atoms with van der Waals surface area (Å²) in [5, 5.41) is 0.950. The standard InChI is InChI=1S/C27H52N6S2/c1-5-6-7-8-9-10-11-12-13-14-27(2)25(34)32(23-30-19-15-28(3)16-20-30)26(35)33(27)24-31-21-17-29(4)18-22-31/h5-24H2,1-4H3. The zero-order valence-electron chi connectivity index (χ0n) is 23.1. The molecule has 3 fully saturated rings. The number of thiocarbonyl (C=S) groups is 2. The molecule has 3 aliphatic rings. The molecule has 3 rings (SSSR count). The molecule has 6 nitrogen and oxygen atoms in total. The van der Waals surface area contributed by atoms with Gasteiger partial charge in [-0.05, 0) is 39.7 Å². The highest BCUT2D eigenvalue weighted by Crippen LogP contribution is 2.35. The quantitative estimate of drug-likeness (QED) is 0.244. The summed E-state index contributed by atoms with van der Waals surface area (Å²) in [7, 11) is 4.43. The van der Waals surface area contributed by atoms with Crippen molar-refractivity contribution in [3.05, 3.63) is 0 Å². The topological polar surface area (TPSA) is 19.4 Å². The zero-order chi connectivity index (χ0) is 25.3. The normalized spacial score (nSPS) is 25.8. The van der Waals surface area contributed by atoms with Crippen LogP contribution in [0.25, 0.3) is 0 Å². The molecule has 3 saturated heterocycles. The Hall–Kier alpha value is -0.380. The van der Waals surface area contributed by atoms with Crippen molar-refractivity contribution in [2.24, 2.45) is 0 Å². The van der Waals surface area contributed by atoms with Crippen LogP contribution in [0.3, 0.4) is 0 Å². The average Bonchev–Trinajstić information content (AvgIpc) is 3.01. The van der Waals surface area contributed by atoms with Crippen molar-refractivity contribution in [2.45, 2.75) is 83.6 Å². The van der Waals surface area contributed by atoms with E-state index >= 15 is 0 Å². The number of piperazine rings is 2. The number of unbranched alkanes of at least 4 members (excludes halogenated alkanes) is 8. The van der Waals surface area contributed by atoms with E-state index in [-0.39, 0.29) is 5.54 Å². The molecule has 0 aromatic carbocycles. The van der Waals surface area contributed by atoms with E-state index in [1.54, 1.807) is 0 Å². The van der Waals surface area contributed by atoms with E-state index in [2.05, 4.69) is 57.3 Å². The molecule has 202 valence electrons. The van der Waals surface area contributed by atoms with Crippen molar-refractivity contribution >= 4 is 34.5 Å². The molecule has 0 saturated carbocycles. The van der Waals surface area contributed by atoms with Crippen LogP contribution in [0.1, 0.15) is 78.1 Å². The minimum absolute atomic E-state index is 0.149. The largest absolute Gasteiger partial charge is 0.324 e. The van der Waals surface area contributed by atoms with E-state index in [0.717, 1.165) is 82.2 Å². The van der Waals surface area contributed by atoms with Gasteiger partial charge in [0.25, 0.3) is 0 Å². The summed E-state index contributed by atoms with van der Waals surface area (Å²) in [5.74, 6) is 0. The molecule has 0 N–H and O–H groups in total. The Morgan fingerprint density at radius 2 is 1.11 bits per heavy atom. The molecule has 0 aromatic heterocycles. The molecular formula is C27H52N6S2. The lowest BCUT2D eigenvalue weighted by Gasteiger charge is -2.40. The molecule has 0 spiro atoms. The van der Waals surface area contributed by atoms with Gasteiger partial charge in [-0.15, -0.1) is 0 Å². The third kappa shape index (κ3) is 8.30. The summed E-state index contributed by atoms with van der Waals surface area (Å²) < 4.78 is 0. The molecule has 3 aliphatic heterocycles.